The zero-order chi connectivity index (χ0) is 17.2. The quantitative estimate of drug-likeness (QED) is 0.843. The van der Waals surface area contributed by atoms with Gasteiger partial charge in [-0.15, -0.1) is 5.10 Å². The molecule has 2 aromatic rings. The molecule has 2 saturated carbocycles. The van der Waals surface area contributed by atoms with Gasteiger partial charge < -0.3 is 10.2 Å². The zero-order valence-corrected chi connectivity index (χ0v) is 14.6. The Hall–Kier alpha value is -2.37. The van der Waals surface area contributed by atoms with E-state index in [1.54, 1.807) is 4.68 Å². The normalized spacial score (nSPS) is 18.0. The molecule has 2 fully saturated rings. The van der Waals surface area contributed by atoms with Gasteiger partial charge in [0.25, 0.3) is 0 Å². The molecular weight excluding hydrogens is 314 g/mol. The third kappa shape index (κ3) is 4.18. The van der Waals surface area contributed by atoms with Crippen molar-refractivity contribution in [2.45, 2.75) is 38.6 Å². The van der Waals surface area contributed by atoms with Crippen molar-refractivity contribution in [2.24, 2.45) is 11.8 Å². The Morgan fingerprint density at radius 1 is 1.20 bits per heavy atom. The van der Waals surface area contributed by atoms with Gasteiger partial charge in [-0.1, -0.05) is 23.4 Å². The number of benzene rings is 1. The summed E-state index contributed by atoms with van der Waals surface area (Å²) in [6.45, 7) is 3.75. The first-order valence-corrected chi connectivity index (χ1v) is 9.22. The van der Waals surface area contributed by atoms with Gasteiger partial charge in [0.05, 0.1) is 17.9 Å². The molecule has 4 rings (SSSR count). The number of urea groups is 1. The number of hydrogen-bond donors (Lipinski definition) is 1. The number of amides is 2. The van der Waals surface area contributed by atoms with E-state index in [0.717, 1.165) is 24.5 Å². The minimum atomic E-state index is -0.161. The molecule has 0 saturated heterocycles. The Bertz CT molecular complexity index is 706. The second-order valence-electron chi connectivity index (χ2n) is 7.39. The molecule has 2 aliphatic carbocycles. The predicted molar refractivity (Wildman–Crippen MR) is 95.3 cm³/mol. The lowest BCUT2D eigenvalue weighted by Crippen LogP contribution is -2.43. The van der Waals surface area contributed by atoms with Gasteiger partial charge in [-0.25, -0.2) is 9.48 Å². The third-order valence-electron chi connectivity index (χ3n) is 4.95. The summed E-state index contributed by atoms with van der Waals surface area (Å²) >= 11 is 0. The maximum absolute atomic E-state index is 12.7. The molecule has 0 aliphatic heterocycles. The van der Waals surface area contributed by atoms with Crippen LogP contribution in [0.4, 0.5) is 4.79 Å². The van der Waals surface area contributed by atoms with Crippen LogP contribution in [-0.2, 0) is 0 Å². The molecule has 1 aromatic carbocycles. The van der Waals surface area contributed by atoms with Crippen LogP contribution < -0.4 is 5.32 Å². The summed E-state index contributed by atoms with van der Waals surface area (Å²) in [4.78, 5) is 14.7. The van der Waals surface area contributed by atoms with E-state index >= 15 is 0 Å². The molecule has 6 nitrogen and oxygen atoms in total. The van der Waals surface area contributed by atoms with E-state index in [9.17, 15) is 4.79 Å². The van der Waals surface area contributed by atoms with E-state index in [4.69, 9.17) is 0 Å². The number of carbonyl (C=O) groups is 1. The van der Waals surface area contributed by atoms with Crippen LogP contribution in [0, 0.1) is 11.8 Å². The van der Waals surface area contributed by atoms with E-state index in [0.29, 0.717) is 11.8 Å². The van der Waals surface area contributed by atoms with Crippen LogP contribution in [0.3, 0.4) is 0 Å². The second kappa shape index (κ2) is 6.86. The summed E-state index contributed by atoms with van der Waals surface area (Å²) in [5, 5.41) is 11.5. The number of carbonyl (C=O) groups excluding carboxylic acids is 1. The van der Waals surface area contributed by atoms with Crippen molar-refractivity contribution in [3.05, 3.63) is 42.2 Å². The van der Waals surface area contributed by atoms with E-state index in [1.165, 1.54) is 25.7 Å². The standard InChI is InChI=1S/C19H25N5O/c1-14(18-13-24(22-21-18)17-5-3-2-4-6-17)20-19(25)23(11-15-7-8-15)12-16-9-10-16/h2-6,13-16H,7-12H2,1H3,(H,20,25)/t14-/m0/s1. The van der Waals surface area contributed by atoms with Crippen molar-refractivity contribution in [3.63, 3.8) is 0 Å². The highest BCUT2D eigenvalue weighted by atomic mass is 16.2. The number of rotatable bonds is 7. The van der Waals surface area contributed by atoms with Crippen LogP contribution in [0.5, 0.6) is 0 Å². The van der Waals surface area contributed by atoms with E-state index in [2.05, 4.69) is 15.6 Å². The molecule has 1 atom stereocenters. The van der Waals surface area contributed by atoms with Gasteiger partial charge in [-0.05, 0) is 56.6 Å². The van der Waals surface area contributed by atoms with Crippen molar-refractivity contribution in [3.8, 4) is 5.69 Å². The lowest BCUT2D eigenvalue weighted by Gasteiger charge is -2.24. The van der Waals surface area contributed by atoms with Gasteiger partial charge in [-0.2, -0.15) is 0 Å². The molecular formula is C19H25N5O. The number of nitrogens with one attached hydrogen (secondary N) is 1. The van der Waals surface area contributed by atoms with Crippen LogP contribution in [-0.4, -0.2) is 39.0 Å². The minimum absolute atomic E-state index is 0.0283. The van der Waals surface area contributed by atoms with Crippen molar-refractivity contribution in [1.29, 1.82) is 0 Å². The average molecular weight is 339 g/mol. The van der Waals surface area contributed by atoms with Gasteiger partial charge >= 0.3 is 6.03 Å². The van der Waals surface area contributed by atoms with Gasteiger partial charge in [-0.3, -0.25) is 0 Å². The highest BCUT2D eigenvalue weighted by Crippen LogP contribution is 2.33. The van der Waals surface area contributed by atoms with E-state index in [1.807, 2.05) is 48.4 Å². The van der Waals surface area contributed by atoms with Crippen molar-refractivity contribution < 1.29 is 4.79 Å². The van der Waals surface area contributed by atoms with Crippen LogP contribution in [0.15, 0.2) is 36.5 Å². The first-order chi connectivity index (χ1) is 12.2. The summed E-state index contributed by atoms with van der Waals surface area (Å²) in [7, 11) is 0. The SMILES string of the molecule is C[C@H](NC(=O)N(CC1CC1)CC1CC1)c1cn(-c2ccccc2)nn1. The highest BCUT2D eigenvalue weighted by molar-refractivity contribution is 5.74. The Labute approximate surface area is 148 Å². The molecule has 0 bridgehead atoms. The lowest BCUT2D eigenvalue weighted by atomic mass is 10.2. The molecule has 1 heterocycles. The summed E-state index contributed by atoms with van der Waals surface area (Å²) in [5.74, 6) is 1.41. The van der Waals surface area contributed by atoms with E-state index in [-0.39, 0.29) is 12.1 Å². The average Bonchev–Trinajstić information content (AvgIpc) is 3.55. The predicted octanol–water partition coefficient (Wildman–Crippen LogP) is 3.16. The first-order valence-electron chi connectivity index (χ1n) is 9.22. The Kier molecular flexibility index (Phi) is 4.42. The molecule has 0 spiro atoms. The van der Waals surface area contributed by atoms with Crippen LogP contribution in [0.1, 0.15) is 44.3 Å². The van der Waals surface area contributed by atoms with Crippen molar-refractivity contribution in [2.75, 3.05) is 13.1 Å². The number of para-hydroxylation sites is 1. The number of nitrogens with zero attached hydrogens (tertiary/aromatic N) is 4. The Morgan fingerprint density at radius 3 is 2.44 bits per heavy atom. The van der Waals surface area contributed by atoms with Gasteiger partial charge in [0.1, 0.15) is 5.69 Å². The Morgan fingerprint density at radius 2 is 1.84 bits per heavy atom. The van der Waals surface area contributed by atoms with Crippen molar-refractivity contribution >= 4 is 6.03 Å². The number of aromatic nitrogens is 3. The van der Waals surface area contributed by atoms with Gasteiger partial charge in [0.2, 0.25) is 0 Å². The van der Waals surface area contributed by atoms with Crippen LogP contribution in [0.25, 0.3) is 5.69 Å². The molecule has 1 N–H and O–H groups in total. The van der Waals surface area contributed by atoms with E-state index < -0.39 is 0 Å². The van der Waals surface area contributed by atoms with Crippen molar-refractivity contribution in [1.82, 2.24) is 25.2 Å². The zero-order valence-electron chi connectivity index (χ0n) is 14.6. The summed E-state index contributed by atoms with van der Waals surface area (Å²) in [5.41, 5.74) is 1.74. The summed E-state index contributed by atoms with van der Waals surface area (Å²) in [6.07, 6.45) is 6.92. The van der Waals surface area contributed by atoms with Crippen LogP contribution in [0.2, 0.25) is 0 Å². The molecule has 2 amide bonds. The fourth-order valence-electron chi connectivity index (χ4n) is 3.00. The largest absolute Gasteiger partial charge is 0.330 e. The molecule has 132 valence electrons. The second-order valence-corrected chi connectivity index (χ2v) is 7.39. The maximum Gasteiger partial charge on any atom is 0.317 e. The molecule has 2 aliphatic rings. The lowest BCUT2D eigenvalue weighted by molar-refractivity contribution is 0.189. The molecule has 1 aromatic heterocycles. The monoisotopic (exact) mass is 339 g/mol. The summed E-state index contributed by atoms with van der Waals surface area (Å²) < 4.78 is 1.74. The third-order valence-corrected chi connectivity index (χ3v) is 4.95. The van der Waals surface area contributed by atoms with Gasteiger partial charge in [0, 0.05) is 13.1 Å². The number of hydrogen-bond acceptors (Lipinski definition) is 3. The fraction of sp³-hybridized carbons (Fsp3) is 0.526. The first kappa shape index (κ1) is 16.1. The highest BCUT2D eigenvalue weighted by Gasteiger charge is 2.32. The summed E-state index contributed by atoms with van der Waals surface area (Å²) in [6, 6.07) is 9.74. The minimum Gasteiger partial charge on any atom is -0.330 e. The molecule has 0 unspecified atom stereocenters. The topological polar surface area (TPSA) is 63.1 Å². The fourth-order valence-corrected chi connectivity index (χ4v) is 3.00. The maximum atomic E-state index is 12.7. The molecule has 0 radical (unpaired) electrons. The molecule has 25 heavy (non-hydrogen) atoms. The molecule has 6 heteroatoms. The van der Waals surface area contributed by atoms with Crippen LogP contribution >= 0.6 is 0 Å². The Balaban J connectivity index is 1.39. The van der Waals surface area contributed by atoms with Gasteiger partial charge in [0.15, 0.2) is 0 Å². The smallest absolute Gasteiger partial charge is 0.317 e.